The van der Waals surface area contributed by atoms with Crippen molar-refractivity contribution >= 4 is 29.2 Å². The molecule has 6 heteroatoms. The Morgan fingerprint density at radius 1 is 1.13 bits per heavy atom. The molecule has 30 heavy (non-hydrogen) atoms. The first-order chi connectivity index (χ1) is 14.2. The molecular formula is C24H28N2O4. The average Bonchev–Trinajstić information content (AvgIpc) is 3.08. The molecule has 1 aliphatic rings. The van der Waals surface area contributed by atoms with E-state index in [9.17, 15) is 14.4 Å². The Balaban J connectivity index is 1.61. The van der Waals surface area contributed by atoms with Gasteiger partial charge >= 0.3 is 5.97 Å². The predicted molar refractivity (Wildman–Crippen MR) is 117 cm³/mol. The summed E-state index contributed by atoms with van der Waals surface area (Å²) in [4.78, 5) is 38.9. The van der Waals surface area contributed by atoms with Gasteiger partial charge in [0, 0.05) is 24.3 Å². The van der Waals surface area contributed by atoms with Crippen LogP contribution in [0.2, 0.25) is 0 Å². The third-order valence-electron chi connectivity index (χ3n) is 5.07. The molecule has 2 amide bonds. The molecule has 0 aromatic heterocycles. The summed E-state index contributed by atoms with van der Waals surface area (Å²) in [7, 11) is 0. The molecule has 0 radical (unpaired) electrons. The lowest BCUT2D eigenvalue weighted by atomic mass is 10.1. The maximum atomic E-state index is 12.7. The van der Waals surface area contributed by atoms with E-state index in [0.717, 1.165) is 16.8 Å². The van der Waals surface area contributed by atoms with Gasteiger partial charge in [0.2, 0.25) is 11.8 Å². The Hall–Kier alpha value is -3.15. The number of anilines is 2. The van der Waals surface area contributed by atoms with Crippen molar-refractivity contribution in [3.05, 3.63) is 59.2 Å². The van der Waals surface area contributed by atoms with Crippen LogP contribution < -0.4 is 10.2 Å². The largest absolute Gasteiger partial charge is 0.462 e. The van der Waals surface area contributed by atoms with Crippen LogP contribution in [0, 0.1) is 25.7 Å². The van der Waals surface area contributed by atoms with Gasteiger partial charge in [-0.1, -0.05) is 31.5 Å². The lowest BCUT2D eigenvalue weighted by Crippen LogP contribution is -2.28. The van der Waals surface area contributed by atoms with Crippen LogP contribution in [0.3, 0.4) is 0 Å². The molecule has 0 unspecified atom stereocenters. The number of benzene rings is 2. The molecule has 0 bridgehead atoms. The first-order valence-corrected chi connectivity index (χ1v) is 10.2. The highest BCUT2D eigenvalue weighted by atomic mass is 16.5. The van der Waals surface area contributed by atoms with Gasteiger partial charge in [-0.2, -0.15) is 0 Å². The summed E-state index contributed by atoms with van der Waals surface area (Å²) >= 11 is 0. The molecule has 1 aliphatic heterocycles. The molecule has 3 rings (SSSR count). The highest BCUT2D eigenvalue weighted by Gasteiger charge is 2.35. The van der Waals surface area contributed by atoms with Crippen molar-refractivity contribution in [2.45, 2.75) is 34.1 Å². The van der Waals surface area contributed by atoms with Gasteiger partial charge in [-0.15, -0.1) is 0 Å². The van der Waals surface area contributed by atoms with E-state index >= 15 is 0 Å². The van der Waals surface area contributed by atoms with Gasteiger partial charge < -0.3 is 15.0 Å². The number of esters is 1. The van der Waals surface area contributed by atoms with Gasteiger partial charge in [0.25, 0.3) is 0 Å². The first-order valence-electron chi connectivity index (χ1n) is 10.2. The molecule has 1 N–H and O–H groups in total. The predicted octanol–water partition coefficient (Wildman–Crippen LogP) is 4.11. The maximum absolute atomic E-state index is 12.7. The number of aryl methyl sites for hydroxylation is 2. The number of nitrogens with one attached hydrogen (secondary N) is 1. The zero-order valence-corrected chi connectivity index (χ0v) is 17.9. The Labute approximate surface area is 177 Å². The van der Waals surface area contributed by atoms with Gasteiger partial charge in [-0.3, -0.25) is 9.59 Å². The Morgan fingerprint density at radius 2 is 1.83 bits per heavy atom. The molecule has 1 saturated heterocycles. The van der Waals surface area contributed by atoms with Crippen LogP contribution in [-0.4, -0.2) is 30.9 Å². The summed E-state index contributed by atoms with van der Waals surface area (Å²) < 4.78 is 5.21. The minimum atomic E-state index is -0.422. The zero-order chi connectivity index (χ0) is 21.8. The standard InChI is InChI=1S/C24H28N2O4/c1-15(2)14-30-24(29)18-6-8-20(9-7-18)25-23(28)19-12-22(27)26(13-19)21-10-5-16(3)11-17(21)4/h5-11,15,19H,12-14H2,1-4H3,(H,25,28)/t19-/m0/s1. The lowest BCUT2D eigenvalue weighted by molar-refractivity contribution is -0.122. The number of carbonyl (C=O) groups is 3. The van der Waals surface area contributed by atoms with Crippen LogP contribution in [0.5, 0.6) is 0 Å². The molecular weight excluding hydrogens is 380 g/mol. The second kappa shape index (κ2) is 9.11. The zero-order valence-electron chi connectivity index (χ0n) is 17.9. The molecule has 6 nitrogen and oxygen atoms in total. The maximum Gasteiger partial charge on any atom is 0.338 e. The fourth-order valence-electron chi connectivity index (χ4n) is 3.48. The second-order valence-electron chi connectivity index (χ2n) is 8.25. The van der Waals surface area contributed by atoms with E-state index in [1.165, 1.54) is 0 Å². The number of hydrogen-bond donors (Lipinski definition) is 1. The van der Waals surface area contributed by atoms with Crippen molar-refractivity contribution in [3.63, 3.8) is 0 Å². The van der Waals surface area contributed by atoms with Crippen LogP contribution in [0.4, 0.5) is 11.4 Å². The highest BCUT2D eigenvalue weighted by molar-refractivity contribution is 6.04. The summed E-state index contributed by atoms with van der Waals surface area (Å²) in [5.41, 5.74) is 4.02. The normalized spacial score (nSPS) is 16.1. The van der Waals surface area contributed by atoms with Gasteiger partial charge in [-0.05, 0) is 55.7 Å². The lowest BCUT2D eigenvalue weighted by Gasteiger charge is -2.19. The van der Waals surface area contributed by atoms with Crippen molar-refractivity contribution in [3.8, 4) is 0 Å². The third kappa shape index (κ3) is 5.06. The van der Waals surface area contributed by atoms with Crippen molar-refractivity contribution in [1.82, 2.24) is 0 Å². The minimum Gasteiger partial charge on any atom is -0.462 e. The number of amides is 2. The molecule has 2 aromatic rings. The average molecular weight is 408 g/mol. The fraction of sp³-hybridized carbons (Fsp3) is 0.375. The molecule has 158 valence electrons. The minimum absolute atomic E-state index is 0.0506. The number of rotatable bonds is 6. The van der Waals surface area contributed by atoms with Crippen LogP contribution in [0.1, 0.15) is 41.8 Å². The molecule has 0 spiro atoms. The Morgan fingerprint density at radius 3 is 2.47 bits per heavy atom. The molecule has 1 atom stereocenters. The van der Waals surface area contributed by atoms with Crippen molar-refractivity contribution in [2.75, 3.05) is 23.4 Å². The quantitative estimate of drug-likeness (QED) is 0.730. The van der Waals surface area contributed by atoms with Crippen LogP contribution in [-0.2, 0) is 14.3 Å². The second-order valence-corrected chi connectivity index (χ2v) is 8.25. The smallest absolute Gasteiger partial charge is 0.338 e. The van der Waals surface area contributed by atoms with E-state index in [4.69, 9.17) is 4.74 Å². The molecule has 1 heterocycles. The SMILES string of the molecule is Cc1ccc(N2C[C@@H](C(=O)Nc3ccc(C(=O)OCC(C)C)cc3)CC2=O)c(C)c1. The van der Waals surface area contributed by atoms with Gasteiger partial charge in [0.15, 0.2) is 0 Å². The topological polar surface area (TPSA) is 75.7 Å². The van der Waals surface area contributed by atoms with Crippen molar-refractivity contribution in [1.29, 1.82) is 0 Å². The Bertz CT molecular complexity index is 950. The summed E-state index contributed by atoms with van der Waals surface area (Å²) in [6.45, 7) is 8.64. The highest BCUT2D eigenvalue weighted by Crippen LogP contribution is 2.29. The summed E-state index contributed by atoms with van der Waals surface area (Å²) in [6, 6.07) is 12.5. The Kier molecular flexibility index (Phi) is 6.55. The van der Waals surface area contributed by atoms with Crippen molar-refractivity contribution < 1.29 is 19.1 Å². The van der Waals surface area contributed by atoms with Gasteiger partial charge in [-0.25, -0.2) is 4.79 Å². The molecule has 1 fully saturated rings. The van der Waals surface area contributed by atoms with E-state index in [1.54, 1.807) is 29.2 Å². The van der Waals surface area contributed by atoms with Crippen LogP contribution >= 0.6 is 0 Å². The van der Waals surface area contributed by atoms with E-state index in [2.05, 4.69) is 5.32 Å². The van der Waals surface area contributed by atoms with E-state index in [1.807, 2.05) is 45.9 Å². The monoisotopic (exact) mass is 408 g/mol. The van der Waals surface area contributed by atoms with E-state index in [-0.39, 0.29) is 30.1 Å². The molecule has 0 aliphatic carbocycles. The van der Waals surface area contributed by atoms with Gasteiger partial charge in [0.1, 0.15) is 0 Å². The van der Waals surface area contributed by atoms with E-state index < -0.39 is 5.92 Å². The first kappa shape index (κ1) is 21.6. The van der Waals surface area contributed by atoms with Crippen LogP contribution in [0.15, 0.2) is 42.5 Å². The third-order valence-corrected chi connectivity index (χ3v) is 5.07. The molecule has 0 saturated carbocycles. The van der Waals surface area contributed by atoms with E-state index in [0.29, 0.717) is 24.4 Å². The summed E-state index contributed by atoms with van der Waals surface area (Å²) in [6.07, 6.45) is 0.179. The number of hydrogen-bond acceptors (Lipinski definition) is 4. The van der Waals surface area contributed by atoms with Crippen molar-refractivity contribution in [2.24, 2.45) is 11.8 Å². The molecule has 2 aromatic carbocycles. The summed E-state index contributed by atoms with van der Waals surface area (Å²) in [5, 5.41) is 2.85. The fourth-order valence-corrected chi connectivity index (χ4v) is 3.48. The van der Waals surface area contributed by atoms with Gasteiger partial charge in [0.05, 0.1) is 18.1 Å². The number of nitrogens with zero attached hydrogens (tertiary/aromatic N) is 1. The number of carbonyl (C=O) groups excluding carboxylic acids is 3. The summed E-state index contributed by atoms with van der Waals surface area (Å²) in [5.74, 6) is -0.790. The number of ether oxygens (including phenoxy) is 1. The van der Waals surface area contributed by atoms with Crippen LogP contribution in [0.25, 0.3) is 0 Å².